The zero-order chi connectivity index (χ0) is 30.1. The Morgan fingerprint density at radius 2 is 1.58 bits per heavy atom. The van der Waals surface area contributed by atoms with Crippen LogP contribution in [-0.2, 0) is 9.59 Å². The summed E-state index contributed by atoms with van der Waals surface area (Å²) in [5.74, 6) is -0.241. The summed E-state index contributed by atoms with van der Waals surface area (Å²) in [6.45, 7) is 3.11. The molecule has 2 bridgehead atoms. The molecular weight excluding hydrogens is 545 g/mol. The number of fused-ring (bicyclic) bond motifs is 5. The van der Waals surface area contributed by atoms with E-state index in [1.54, 1.807) is 55.6 Å². The van der Waals surface area contributed by atoms with E-state index in [9.17, 15) is 14.4 Å². The molecule has 3 fully saturated rings. The van der Waals surface area contributed by atoms with E-state index in [2.05, 4.69) is 10.3 Å². The number of aryl methyl sites for hydroxylation is 1. The van der Waals surface area contributed by atoms with Gasteiger partial charge in [-0.1, -0.05) is 42.5 Å². The molecule has 1 unspecified atom stereocenters. The Kier molecular flexibility index (Phi) is 7.97. The smallest absolute Gasteiger partial charge is 0.323 e. The van der Waals surface area contributed by atoms with Gasteiger partial charge in [0.05, 0.1) is 11.4 Å². The molecule has 43 heavy (non-hydrogen) atoms. The van der Waals surface area contributed by atoms with Gasteiger partial charge in [-0.15, -0.1) is 0 Å². The zero-order valence-electron chi connectivity index (χ0n) is 24.5. The third kappa shape index (κ3) is 5.89. The first-order valence-electron chi connectivity index (χ1n) is 14.9. The predicted molar refractivity (Wildman–Crippen MR) is 165 cm³/mol. The Hall–Kier alpha value is -4.53. The van der Waals surface area contributed by atoms with Crippen LogP contribution in [0.25, 0.3) is 0 Å². The quantitative estimate of drug-likeness (QED) is 0.453. The second kappa shape index (κ2) is 12.0. The Morgan fingerprint density at radius 1 is 0.930 bits per heavy atom. The molecule has 0 spiro atoms. The van der Waals surface area contributed by atoms with Crippen LogP contribution in [0.4, 0.5) is 20.6 Å². The van der Waals surface area contributed by atoms with Crippen molar-refractivity contribution in [3.8, 4) is 0 Å². The Bertz CT molecular complexity index is 1570. The van der Waals surface area contributed by atoms with Crippen LogP contribution in [0, 0.1) is 24.6 Å². The highest BCUT2D eigenvalue weighted by molar-refractivity contribution is 6.21. The van der Waals surface area contributed by atoms with Gasteiger partial charge < -0.3 is 10.2 Å². The van der Waals surface area contributed by atoms with Gasteiger partial charge in [-0.2, -0.15) is 0 Å². The predicted octanol–water partition coefficient (Wildman–Crippen LogP) is 5.14. The fraction of sp³-hybridized carbons (Fsp3) is 0.353. The Balaban J connectivity index is 1.37. The van der Waals surface area contributed by atoms with Crippen molar-refractivity contribution < 1.29 is 18.8 Å². The molecule has 2 saturated heterocycles. The molecule has 3 aromatic carbocycles. The molecule has 1 aliphatic carbocycles. The van der Waals surface area contributed by atoms with Gasteiger partial charge in [0.15, 0.2) is 0 Å². The van der Waals surface area contributed by atoms with Crippen LogP contribution in [0.5, 0.6) is 0 Å². The van der Waals surface area contributed by atoms with Gasteiger partial charge in [0.25, 0.3) is 5.91 Å². The number of benzene rings is 3. The van der Waals surface area contributed by atoms with Crippen molar-refractivity contribution in [1.29, 1.82) is 0 Å². The second-order valence-corrected chi connectivity index (χ2v) is 11.8. The number of carbonyl (C=O) groups is 3. The monoisotopic (exact) mass is 581 g/mol. The van der Waals surface area contributed by atoms with Gasteiger partial charge in [0.2, 0.25) is 12.1 Å². The second-order valence-electron chi connectivity index (χ2n) is 11.8. The number of carbonyl (C=O) groups excluding carboxylic acids is 3. The molecule has 0 radical (unpaired) electrons. The normalized spacial score (nSPS) is 21.4. The number of benzodiazepines with no additional fused rings is 1. The number of hydrogen-bond acceptors (Lipinski definition) is 4. The van der Waals surface area contributed by atoms with Gasteiger partial charge in [-0.3, -0.25) is 19.4 Å². The summed E-state index contributed by atoms with van der Waals surface area (Å²) in [4.78, 5) is 50.9. The van der Waals surface area contributed by atoms with Gasteiger partial charge >= 0.3 is 6.03 Å². The first-order valence-corrected chi connectivity index (χ1v) is 14.9. The van der Waals surface area contributed by atoms with Crippen LogP contribution >= 0.6 is 0 Å². The highest BCUT2D eigenvalue weighted by Gasteiger charge is 2.37. The lowest BCUT2D eigenvalue weighted by Crippen LogP contribution is -2.53. The summed E-state index contributed by atoms with van der Waals surface area (Å²) < 4.78 is 15.2. The standard InChI is InChI=1S/C34H36FN5O3/c1-22-8-7-9-25(18-22)38(2)34(43)37-32-33(42)40(21-30(41)39-19-23-14-15-24(20-39)17-16-23)29-13-6-4-11-27(29)31(36-32)26-10-3-5-12-28(26)35/h3-13,18,23-24,32H,14-17,19-21H2,1-2H3,(H,37,43). The highest BCUT2D eigenvalue weighted by Crippen LogP contribution is 2.34. The van der Waals surface area contributed by atoms with E-state index in [1.807, 2.05) is 30.0 Å². The highest BCUT2D eigenvalue weighted by atomic mass is 19.1. The van der Waals surface area contributed by atoms with E-state index in [1.165, 1.54) is 15.9 Å². The molecule has 1 N–H and O–H groups in total. The number of anilines is 2. The number of urea groups is 1. The molecule has 9 heteroatoms. The van der Waals surface area contributed by atoms with Crippen molar-refractivity contribution in [2.45, 2.75) is 38.8 Å². The van der Waals surface area contributed by atoms with Crippen LogP contribution in [0.1, 0.15) is 42.4 Å². The summed E-state index contributed by atoms with van der Waals surface area (Å²) in [7, 11) is 1.61. The Morgan fingerprint density at radius 3 is 2.26 bits per heavy atom. The molecule has 222 valence electrons. The molecule has 3 heterocycles. The third-order valence-electron chi connectivity index (χ3n) is 8.86. The number of hydrogen-bond donors (Lipinski definition) is 1. The lowest BCUT2D eigenvalue weighted by atomic mass is 9.84. The maximum atomic E-state index is 15.2. The third-order valence-corrected chi connectivity index (χ3v) is 8.86. The minimum atomic E-state index is -1.39. The maximum absolute atomic E-state index is 15.2. The molecule has 7 rings (SSSR count). The minimum Gasteiger partial charge on any atom is -0.341 e. The number of para-hydroxylation sites is 1. The molecule has 3 aromatic rings. The number of amides is 4. The molecule has 4 aliphatic rings. The van der Waals surface area contributed by atoms with E-state index < -0.39 is 23.9 Å². The molecule has 1 atom stereocenters. The van der Waals surface area contributed by atoms with Crippen LogP contribution in [0.15, 0.2) is 77.8 Å². The number of nitrogens with one attached hydrogen (secondary N) is 1. The van der Waals surface area contributed by atoms with Crippen LogP contribution in [0.3, 0.4) is 0 Å². The van der Waals surface area contributed by atoms with Crippen molar-refractivity contribution in [2.24, 2.45) is 16.8 Å². The topological polar surface area (TPSA) is 85.3 Å². The van der Waals surface area contributed by atoms with Crippen molar-refractivity contribution in [3.63, 3.8) is 0 Å². The summed E-state index contributed by atoms with van der Waals surface area (Å²) in [6, 6.07) is 20.2. The van der Waals surface area contributed by atoms with Crippen LogP contribution < -0.4 is 15.1 Å². The first kappa shape index (κ1) is 28.6. The van der Waals surface area contributed by atoms with Crippen molar-refractivity contribution >= 4 is 34.9 Å². The molecule has 1 saturated carbocycles. The average molecular weight is 582 g/mol. The van der Waals surface area contributed by atoms with Crippen molar-refractivity contribution in [1.82, 2.24) is 10.2 Å². The van der Waals surface area contributed by atoms with E-state index in [0.717, 1.165) is 31.2 Å². The van der Waals surface area contributed by atoms with Crippen molar-refractivity contribution in [3.05, 3.63) is 95.3 Å². The minimum absolute atomic E-state index is 0.141. The largest absolute Gasteiger partial charge is 0.341 e. The Labute approximate surface area is 251 Å². The van der Waals surface area contributed by atoms with E-state index in [4.69, 9.17) is 0 Å². The maximum Gasteiger partial charge on any atom is 0.323 e. The summed E-state index contributed by atoms with van der Waals surface area (Å²) >= 11 is 0. The molecular formula is C34H36FN5O3. The summed E-state index contributed by atoms with van der Waals surface area (Å²) in [5.41, 5.74) is 3.00. The lowest BCUT2D eigenvalue weighted by molar-refractivity contribution is -0.132. The molecule has 3 aliphatic heterocycles. The summed E-state index contributed by atoms with van der Waals surface area (Å²) in [6.07, 6.45) is 3.12. The number of rotatable bonds is 5. The number of nitrogens with zero attached hydrogens (tertiary/aromatic N) is 4. The first-order chi connectivity index (χ1) is 20.8. The average Bonchev–Trinajstić information content (AvgIpc) is 3.40. The van der Waals surface area contributed by atoms with Gasteiger partial charge in [-0.25, -0.2) is 14.2 Å². The van der Waals surface area contributed by atoms with Crippen LogP contribution in [0.2, 0.25) is 0 Å². The van der Waals surface area contributed by atoms with Gasteiger partial charge in [-0.05, 0) is 80.3 Å². The molecule has 8 nitrogen and oxygen atoms in total. The van der Waals surface area contributed by atoms with Gasteiger partial charge in [0, 0.05) is 37.0 Å². The summed E-state index contributed by atoms with van der Waals surface area (Å²) in [5, 5.41) is 2.76. The molecule has 4 amide bonds. The van der Waals surface area contributed by atoms with Crippen LogP contribution in [-0.4, -0.2) is 61.3 Å². The molecule has 0 aromatic heterocycles. The SMILES string of the molecule is Cc1cccc(N(C)C(=O)NC2N=C(c3ccccc3F)c3ccccc3N(CC(=O)N3CC4CCC(CC4)C3)C2=O)c1. The van der Waals surface area contributed by atoms with E-state index in [-0.39, 0.29) is 23.7 Å². The lowest BCUT2D eigenvalue weighted by Gasteiger charge is -2.29. The fourth-order valence-electron chi connectivity index (χ4n) is 6.46. The van der Waals surface area contributed by atoms with Gasteiger partial charge in [0.1, 0.15) is 12.4 Å². The van der Waals surface area contributed by atoms with E-state index in [0.29, 0.717) is 41.9 Å². The number of halogens is 1. The number of aliphatic imine (C=N–C) groups is 1. The fourth-order valence-corrected chi connectivity index (χ4v) is 6.46. The van der Waals surface area contributed by atoms with E-state index >= 15 is 4.39 Å². The van der Waals surface area contributed by atoms with Crippen molar-refractivity contribution in [2.75, 3.05) is 36.5 Å². The zero-order valence-corrected chi connectivity index (χ0v) is 24.5.